The van der Waals surface area contributed by atoms with E-state index in [0.717, 1.165) is 16.8 Å². The number of ether oxygens (including phenoxy) is 2. The molecule has 9 nitrogen and oxygen atoms in total. The Balaban J connectivity index is 1.88. The third kappa shape index (κ3) is 3.21. The third-order valence-corrected chi connectivity index (χ3v) is 5.83. The molecule has 10 heteroatoms. The number of benzene rings is 1. The van der Waals surface area contributed by atoms with Crippen molar-refractivity contribution in [2.75, 3.05) is 13.7 Å². The summed E-state index contributed by atoms with van der Waals surface area (Å²) in [5.74, 6) is 0.136. The average molecular weight is 462 g/mol. The van der Waals surface area contributed by atoms with Crippen molar-refractivity contribution >= 4 is 21.9 Å². The van der Waals surface area contributed by atoms with Crippen molar-refractivity contribution in [3.8, 4) is 28.4 Å². The summed E-state index contributed by atoms with van der Waals surface area (Å²) in [6.45, 7) is 4.09. The number of methoxy groups -OCH3 is 1. The van der Waals surface area contributed by atoms with Gasteiger partial charge < -0.3 is 9.47 Å². The van der Waals surface area contributed by atoms with E-state index in [4.69, 9.17) is 9.47 Å². The molecule has 0 bridgehead atoms. The van der Waals surface area contributed by atoms with E-state index in [-0.39, 0.29) is 5.82 Å². The van der Waals surface area contributed by atoms with Crippen molar-refractivity contribution in [1.82, 2.24) is 28.9 Å². The van der Waals surface area contributed by atoms with Crippen LogP contribution in [0.4, 0.5) is 4.39 Å². The number of hydrogen-bond donors (Lipinski definition) is 0. The molecule has 5 aromatic rings. The molecular formula is C24H23FN6O3. The zero-order valence-electron chi connectivity index (χ0n) is 19.5. The molecule has 0 radical (unpaired) electrons. The Morgan fingerprint density at radius 1 is 1.09 bits per heavy atom. The molecule has 0 fully saturated rings. The molecule has 34 heavy (non-hydrogen) atoms. The van der Waals surface area contributed by atoms with Gasteiger partial charge in [0.05, 0.1) is 48.4 Å². The number of fused-ring (bicyclic) bond motifs is 3. The second-order valence-electron chi connectivity index (χ2n) is 7.95. The number of halogens is 1. The van der Waals surface area contributed by atoms with Gasteiger partial charge in [-0.15, -0.1) is 0 Å². The van der Waals surface area contributed by atoms with Crippen LogP contribution in [-0.4, -0.2) is 42.6 Å². The highest BCUT2D eigenvalue weighted by molar-refractivity contribution is 6.05. The first-order valence-corrected chi connectivity index (χ1v) is 10.7. The van der Waals surface area contributed by atoms with E-state index in [2.05, 4.69) is 15.1 Å². The lowest BCUT2D eigenvalue weighted by molar-refractivity contribution is 0.336. The first-order valence-electron chi connectivity index (χ1n) is 10.7. The lowest BCUT2D eigenvalue weighted by Gasteiger charge is -2.12. The minimum Gasteiger partial charge on any atom is -0.496 e. The summed E-state index contributed by atoms with van der Waals surface area (Å²) in [6.07, 6.45) is 4.90. The first kappa shape index (κ1) is 21.6. The third-order valence-electron chi connectivity index (χ3n) is 5.83. The summed E-state index contributed by atoms with van der Waals surface area (Å²) in [5, 5.41) is 5.10. The first-order chi connectivity index (χ1) is 16.3. The molecule has 0 amide bonds. The van der Waals surface area contributed by atoms with E-state index in [1.54, 1.807) is 38.0 Å². The van der Waals surface area contributed by atoms with Crippen LogP contribution in [-0.2, 0) is 14.1 Å². The fourth-order valence-electron chi connectivity index (χ4n) is 4.29. The molecule has 4 heterocycles. The van der Waals surface area contributed by atoms with Gasteiger partial charge in [0.2, 0.25) is 0 Å². The average Bonchev–Trinajstić information content (AvgIpc) is 3.28. The van der Waals surface area contributed by atoms with E-state index < -0.39 is 11.5 Å². The Morgan fingerprint density at radius 2 is 1.88 bits per heavy atom. The maximum atomic E-state index is 15.1. The number of aromatic nitrogens is 6. The van der Waals surface area contributed by atoms with Crippen LogP contribution in [0.3, 0.4) is 0 Å². The van der Waals surface area contributed by atoms with Gasteiger partial charge in [-0.2, -0.15) is 5.10 Å². The van der Waals surface area contributed by atoms with Crippen molar-refractivity contribution in [2.24, 2.45) is 14.1 Å². The lowest BCUT2D eigenvalue weighted by atomic mass is 10.0. The van der Waals surface area contributed by atoms with E-state index >= 15 is 4.39 Å². The molecule has 0 atom stereocenters. The molecule has 174 valence electrons. The van der Waals surface area contributed by atoms with Crippen LogP contribution in [0.1, 0.15) is 12.6 Å². The number of imidazole rings is 1. The summed E-state index contributed by atoms with van der Waals surface area (Å²) in [4.78, 5) is 22.0. The number of rotatable bonds is 5. The Bertz CT molecular complexity index is 1630. The smallest absolute Gasteiger partial charge is 0.334 e. The van der Waals surface area contributed by atoms with E-state index in [9.17, 15) is 4.79 Å². The Labute approximate surface area is 194 Å². The molecule has 0 N–H and O–H groups in total. The van der Waals surface area contributed by atoms with Crippen LogP contribution in [0.5, 0.6) is 11.5 Å². The molecule has 1 aromatic carbocycles. The molecule has 0 saturated carbocycles. The zero-order chi connectivity index (χ0) is 24.1. The predicted molar refractivity (Wildman–Crippen MR) is 126 cm³/mol. The van der Waals surface area contributed by atoms with Gasteiger partial charge in [-0.1, -0.05) is 0 Å². The van der Waals surface area contributed by atoms with Crippen LogP contribution in [0.15, 0.2) is 41.6 Å². The quantitative estimate of drug-likeness (QED) is 0.397. The van der Waals surface area contributed by atoms with Gasteiger partial charge in [-0.05, 0) is 19.9 Å². The molecule has 0 saturated heterocycles. The van der Waals surface area contributed by atoms with Crippen LogP contribution >= 0.6 is 0 Å². The van der Waals surface area contributed by atoms with Gasteiger partial charge in [0, 0.05) is 48.9 Å². The second kappa shape index (κ2) is 7.98. The molecule has 0 aliphatic heterocycles. The minimum atomic E-state index is -0.664. The Morgan fingerprint density at radius 3 is 2.53 bits per heavy atom. The largest absolute Gasteiger partial charge is 0.496 e. The summed E-state index contributed by atoms with van der Waals surface area (Å²) in [5.41, 5.74) is 3.71. The zero-order valence-corrected chi connectivity index (χ0v) is 19.5. The van der Waals surface area contributed by atoms with Crippen LogP contribution < -0.4 is 15.2 Å². The number of hydrogen-bond acceptors (Lipinski definition) is 6. The predicted octanol–water partition coefficient (Wildman–Crippen LogP) is 3.53. The molecule has 0 unspecified atom stereocenters. The van der Waals surface area contributed by atoms with E-state index in [0.29, 0.717) is 40.0 Å². The van der Waals surface area contributed by atoms with Crippen molar-refractivity contribution < 1.29 is 13.9 Å². The number of pyridine rings is 2. The number of nitrogens with zero attached hydrogens (tertiary/aromatic N) is 6. The standard InChI is InChI=1S/C24H23FN6O3/c1-6-34-14-7-18(25)23(27-10-14)31-22-16-8-15(17-12-29(3)28-13(17)2)21(33-5)9-19(16)26-11-20(22)30(4)24(31)32/h7-12H,6H2,1-5H3. The van der Waals surface area contributed by atoms with Crippen molar-refractivity contribution in [3.05, 3.63) is 58.8 Å². The Kier molecular flexibility index (Phi) is 5.07. The molecule has 4 aromatic heterocycles. The maximum Gasteiger partial charge on any atom is 0.334 e. The summed E-state index contributed by atoms with van der Waals surface area (Å²) in [7, 11) is 5.06. The van der Waals surface area contributed by atoms with E-state index in [1.165, 1.54) is 21.4 Å². The van der Waals surface area contributed by atoms with Crippen LogP contribution in [0, 0.1) is 12.7 Å². The molecule has 0 aliphatic carbocycles. The van der Waals surface area contributed by atoms with Gasteiger partial charge in [-0.25, -0.2) is 18.7 Å². The van der Waals surface area contributed by atoms with Gasteiger partial charge >= 0.3 is 5.69 Å². The second-order valence-corrected chi connectivity index (χ2v) is 7.95. The highest BCUT2D eigenvalue weighted by Gasteiger charge is 2.22. The summed E-state index contributed by atoms with van der Waals surface area (Å²) >= 11 is 0. The van der Waals surface area contributed by atoms with Gasteiger partial charge in [0.15, 0.2) is 11.6 Å². The highest BCUT2D eigenvalue weighted by Crippen LogP contribution is 2.37. The van der Waals surface area contributed by atoms with Gasteiger partial charge in [0.1, 0.15) is 11.5 Å². The fourth-order valence-corrected chi connectivity index (χ4v) is 4.29. The normalized spacial score (nSPS) is 11.5. The molecule has 0 spiro atoms. The van der Waals surface area contributed by atoms with Crippen molar-refractivity contribution in [3.63, 3.8) is 0 Å². The highest BCUT2D eigenvalue weighted by atomic mass is 19.1. The number of aryl methyl sites for hydroxylation is 3. The van der Waals surface area contributed by atoms with Crippen molar-refractivity contribution in [1.29, 1.82) is 0 Å². The Hall–Kier alpha value is -4.21. The monoisotopic (exact) mass is 462 g/mol. The SMILES string of the molecule is CCOc1cnc(-n2c(=O)n(C)c3cnc4cc(OC)c(-c5cn(C)nc5C)cc4c32)c(F)c1. The topological polar surface area (TPSA) is 89.0 Å². The maximum absolute atomic E-state index is 15.1. The van der Waals surface area contributed by atoms with Gasteiger partial charge in [0.25, 0.3) is 0 Å². The molecule has 5 rings (SSSR count). The summed E-state index contributed by atoms with van der Waals surface area (Å²) in [6, 6.07) is 4.93. The van der Waals surface area contributed by atoms with Gasteiger partial charge in [-0.3, -0.25) is 14.2 Å². The van der Waals surface area contributed by atoms with Crippen molar-refractivity contribution in [2.45, 2.75) is 13.8 Å². The van der Waals surface area contributed by atoms with Crippen LogP contribution in [0.2, 0.25) is 0 Å². The summed E-state index contributed by atoms with van der Waals surface area (Å²) < 4.78 is 30.6. The van der Waals surface area contributed by atoms with Crippen LogP contribution in [0.25, 0.3) is 38.9 Å². The fraction of sp³-hybridized carbons (Fsp3) is 0.250. The lowest BCUT2D eigenvalue weighted by Crippen LogP contribution is -2.22. The molecular weight excluding hydrogens is 439 g/mol. The van der Waals surface area contributed by atoms with E-state index in [1.807, 2.05) is 26.2 Å². The molecule has 0 aliphatic rings. The minimum absolute atomic E-state index is 0.110.